The van der Waals surface area contributed by atoms with Crippen molar-refractivity contribution in [1.29, 1.82) is 0 Å². The van der Waals surface area contributed by atoms with E-state index in [9.17, 15) is 14.4 Å². The molecule has 5 aromatic rings. The largest absolute Gasteiger partial charge is 0.359 e. The van der Waals surface area contributed by atoms with E-state index in [1.54, 1.807) is 44.2 Å². The maximum atomic E-state index is 15.1. The molecule has 7 rings (SSSR count). The lowest BCUT2D eigenvalue weighted by molar-refractivity contribution is -0.130. The Hall–Kier alpha value is -4.74. The van der Waals surface area contributed by atoms with Gasteiger partial charge in [-0.25, -0.2) is 9.78 Å². The van der Waals surface area contributed by atoms with Crippen molar-refractivity contribution in [2.24, 2.45) is 25.9 Å². The molecular weight excluding hydrogens is 527 g/mol. The Morgan fingerprint density at radius 3 is 2.78 bits per heavy atom. The van der Waals surface area contributed by atoms with Gasteiger partial charge in [-0.2, -0.15) is 4.39 Å². The topological polar surface area (TPSA) is 132 Å². The molecule has 4 aromatic heterocycles. The first-order chi connectivity index (χ1) is 19.7. The number of nitrogens with zero attached hydrogens (tertiary/aromatic N) is 5. The van der Waals surface area contributed by atoms with Crippen molar-refractivity contribution in [3.05, 3.63) is 53.1 Å². The number of halogens is 1. The van der Waals surface area contributed by atoms with Crippen LogP contribution >= 0.6 is 0 Å². The van der Waals surface area contributed by atoms with Gasteiger partial charge in [0.05, 0.1) is 33.9 Å². The van der Waals surface area contributed by atoms with Gasteiger partial charge in [0.1, 0.15) is 5.65 Å². The van der Waals surface area contributed by atoms with Crippen molar-refractivity contribution in [3.63, 3.8) is 0 Å². The van der Waals surface area contributed by atoms with E-state index in [-0.39, 0.29) is 41.4 Å². The van der Waals surface area contributed by atoms with Gasteiger partial charge in [0, 0.05) is 57.0 Å². The van der Waals surface area contributed by atoms with E-state index in [2.05, 4.69) is 25.7 Å². The van der Waals surface area contributed by atoms with Crippen LogP contribution in [0.3, 0.4) is 0 Å². The minimum atomic E-state index is -0.639. The summed E-state index contributed by atoms with van der Waals surface area (Å²) in [6.45, 7) is 0. The number of imidazole rings is 1. The summed E-state index contributed by atoms with van der Waals surface area (Å²) < 4.78 is 20.0. The smallest absolute Gasteiger partial charge is 0.329 e. The number of carbonyl (C=O) groups excluding carboxylic acids is 2. The van der Waals surface area contributed by atoms with E-state index in [1.165, 1.54) is 4.68 Å². The number of aromatic amines is 1. The van der Waals surface area contributed by atoms with E-state index in [4.69, 9.17) is 0 Å². The number of amides is 2. The van der Waals surface area contributed by atoms with Gasteiger partial charge in [-0.3, -0.25) is 23.4 Å². The Kier molecular flexibility index (Phi) is 5.63. The van der Waals surface area contributed by atoms with Crippen LogP contribution in [0.4, 0.5) is 10.1 Å². The van der Waals surface area contributed by atoms with Crippen molar-refractivity contribution in [2.75, 3.05) is 12.4 Å². The highest BCUT2D eigenvalue weighted by molar-refractivity contribution is 6.14. The second-order valence-corrected chi connectivity index (χ2v) is 11.1. The highest BCUT2D eigenvalue weighted by Crippen LogP contribution is 2.45. The first-order valence-electron chi connectivity index (χ1n) is 13.7. The quantitative estimate of drug-likeness (QED) is 0.306. The number of pyridine rings is 1. The van der Waals surface area contributed by atoms with Gasteiger partial charge >= 0.3 is 5.69 Å². The molecule has 1 aliphatic heterocycles. The Bertz CT molecular complexity index is 1950. The second-order valence-electron chi connectivity index (χ2n) is 11.1. The van der Waals surface area contributed by atoms with Crippen molar-refractivity contribution in [2.45, 2.75) is 31.7 Å². The number of anilines is 1. The predicted molar refractivity (Wildman–Crippen MR) is 152 cm³/mol. The third-order valence-electron chi connectivity index (χ3n) is 8.73. The van der Waals surface area contributed by atoms with Crippen molar-refractivity contribution >= 4 is 39.6 Å². The van der Waals surface area contributed by atoms with Gasteiger partial charge in [0.2, 0.25) is 17.8 Å². The Labute approximate surface area is 233 Å². The SMILES string of the molecule is CNC(=O)C1CC(=O)Nc2cccc(c2)-c2c(-c3cn(C)nc3F)[nH]c3ncc4c(c23)n(c(=O)n4C)[C@@H]2CC[C@@H]1C2. The molecule has 2 aliphatic rings. The molecule has 3 atom stereocenters. The minimum absolute atomic E-state index is 0.0292. The fraction of sp³-hybridized carbons (Fsp3) is 0.345. The van der Waals surface area contributed by atoms with Crippen LogP contribution in [0.15, 0.2) is 41.5 Å². The van der Waals surface area contributed by atoms with Gasteiger partial charge in [-0.05, 0) is 42.9 Å². The summed E-state index contributed by atoms with van der Waals surface area (Å²) in [6.07, 6.45) is 5.25. The number of aryl methyl sites for hydroxylation is 2. The normalized spacial score (nSPS) is 20.5. The second kappa shape index (κ2) is 9.15. The number of rotatable bonds is 2. The number of H-pyrrole nitrogens is 1. The van der Waals surface area contributed by atoms with Gasteiger partial charge in [0.15, 0.2) is 0 Å². The molecule has 210 valence electrons. The summed E-state index contributed by atoms with van der Waals surface area (Å²) in [6, 6.07) is 7.10. The average molecular weight is 557 g/mol. The number of benzene rings is 1. The molecule has 0 saturated heterocycles. The predicted octanol–water partition coefficient (Wildman–Crippen LogP) is 3.47. The zero-order valence-electron chi connectivity index (χ0n) is 22.9. The lowest BCUT2D eigenvalue weighted by atomic mass is 9.86. The molecule has 4 bridgehead atoms. The van der Waals surface area contributed by atoms with Crippen molar-refractivity contribution in [1.82, 2.24) is 34.2 Å². The van der Waals surface area contributed by atoms with E-state index in [1.807, 2.05) is 22.8 Å². The standard InChI is InChI=1S/C29H29FN8O3/c1-31-28(40)18-11-21(39)33-16-6-4-5-15(9-16)22-23-25-20(37(3)29(41)38(25)17-8-7-14(18)10-17)12-32-27(23)34-24(22)19-13-36(2)35-26(19)30/h4-6,9,12-14,17-18H,7-8,10-11H2,1-3H3,(H,31,40)(H,32,34)(H,33,39)/t14-,17-,18?/m1/s1. The fourth-order valence-corrected chi connectivity index (χ4v) is 6.85. The van der Waals surface area contributed by atoms with Crippen LogP contribution in [-0.2, 0) is 23.7 Å². The molecule has 3 N–H and O–H groups in total. The molecule has 1 fully saturated rings. The van der Waals surface area contributed by atoms with E-state index >= 15 is 4.39 Å². The van der Waals surface area contributed by atoms with Crippen molar-refractivity contribution < 1.29 is 14.0 Å². The van der Waals surface area contributed by atoms with Crippen LogP contribution in [-0.4, -0.2) is 47.7 Å². The average Bonchev–Trinajstić information content (AvgIpc) is 3.71. The molecule has 1 aromatic carbocycles. The number of nitrogens with one attached hydrogen (secondary N) is 3. The molecule has 1 unspecified atom stereocenters. The molecule has 12 heteroatoms. The van der Waals surface area contributed by atoms with Gasteiger partial charge in [0.25, 0.3) is 0 Å². The van der Waals surface area contributed by atoms with Crippen LogP contribution in [0, 0.1) is 17.8 Å². The third-order valence-corrected chi connectivity index (χ3v) is 8.73. The zero-order chi connectivity index (χ0) is 28.6. The fourth-order valence-electron chi connectivity index (χ4n) is 6.85. The molecule has 11 nitrogen and oxygen atoms in total. The lowest BCUT2D eigenvalue weighted by Crippen LogP contribution is -2.35. The molecule has 2 amide bonds. The Morgan fingerprint density at radius 1 is 1.20 bits per heavy atom. The summed E-state index contributed by atoms with van der Waals surface area (Å²) in [5.41, 5.74) is 4.34. The van der Waals surface area contributed by atoms with E-state index < -0.39 is 11.9 Å². The van der Waals surface area contributed by atoms with Gasteiger partial charge in [-0.1, -0.05) is 12.1 Å². The zero-order valence-corrected chi connectivity index (χ0v) is 22.9. The summed E-state index contributed by atoms with van der Waals surface area (Å²) in [5, 5.41) is 10.3. The van der Waals surface area contributed by atoms with Crippen molar-refractivity contribution in [3.8, 4) is 22.4 Å². The van der Waals surface area contributed by atoms with Gasteiger partial charge < -0.3 is 15.6 Å². The summed E-state index contributed by atoms with van der Waals surface area (Å²) >= 11 is 0. The van der Waals surface area contributed by atoms with Crippen LogP contribution in [0.25, 0.3) is 44.5 Å². The van der Waals surface area contributed by atoms with Gasteiger partial charge in [-0.15, -0.1) is 5.10 Å². The molecule has 0 spiro atoms. The molecule has 0 radical (unpaired) electrons. The van der Waals surface area contributed by atoms with E-state index in [0.717, 1.165) is 0 Å². The van der Waals surface area contributed by atoms with E-state index in [0.29, 0.717) is 63.8 Å². The Morgan fingerprint density at radius 2 is 2.02 bits per heavy atom. The minimum Gasteiger partial charge on any atom is -0.359 e. The number of hydrogen-bond acceptors (Lipinski definition) is 5. The highest BCUT2D eigenvalue weighted by atomic mass is 19.1. The third kappa shape index (κ3) is 3.80. The van der Waals surface area contributed by atoms with Crippen LogP contribution in [0.5, 0.6) is 0 Å². The number of fused-ring (bicyclic) bond motifs is 6. The maximum Gasteiger partial charge on any atom is 0.329 e. The molecule has 1 saturated carbocycles. The number of carbonyl (C=O) groups is 2. The first-order valence-corrected chi connectivity index (χ1v) is 13.7. The highest BCUT2D eigenvalue weighted by Gasteiger charge is 2.38. The van der Waals surface area contributed by atoms with Crippen LogP contribution < -0.4 is 16.3 Å². The number of hydrogen-bond donors (Lipinski definition) is 3. The van der Waals surface area contributed by atoms with Crippen LogP contribution in [0.2, 0.25) is 0 Å². The summed E-state index contributed by atoms with van der Waals surface area (Å²) in [7, 11) is 4.95. The number of aromatic nitrogens is 6. The molecule has 41 heavy (non-hydrogen) atoms. The maximum absolute atomic E-state index is 15.1. The lowest BCUT2D eigenvalue weighted by Gasteiger charge is -2.22. The van der Waals surface area contributed by atoms with Crippen LogP contribution in [0.1, 0.15) is 31.7 Å². The summed E-state index contributed by atoms with van der Waals surface area (Å²) in [4.78, 5) is 48.0. The first kappa shape index (κ1) is 25.2. The molecule has 5 heterocycles. The Balaban J connectivity index is 1.59. The monoisotopic (exact) mass is 556 g/mol. The molecule has 1 aliphatic carbocycles. The molecular formula is C29H29FN8O3. The summed E-state index contributed by atoms with van der Waals surface area (Å²) in [5.74, 6) is -1.69.